The van der Waals surface area contributed by atoms with Crippen molar-refractivity contribution >= 4 is 29.2 Å². The molecular formula is C28H38ClN3O2. The second-order valence-corrected chi connectivity index (χ2v) is 12.6. The monoisotopic (exact) mass is 483 g/mol. The summed E-state index contributed by atoms with van der Waals surface area (Å²) in [5, 5.41) is 0.665. The third-order valence-electron chi connectivity index (χ3n) is 7.20. The van der Waals surface area contributed by atoms with Crippen LogP contribution in [-0.2, 0) is 0 Å². The molecule has 0 amide bonds. The molecule has 2 aliphatic rings. The number of hydrogen-bond donors (Lipinski definition) is 1. The zero-order chi connectivity index (χ0) is 24.9. The third kappa shape index (κ3) is 4.64. The highest BCUT2D eigenvalue weighted by Crippen LogP contribution is 2.55. The molecule has 1 saturated carbocycles. The predicted molar refractivity (Wildman–Crippen MR) is 140 cm³/mol. The summed E-state index contributed by atoms with van der Waals surface area (Å²) in [4.78, 5) is 17.5. The van der Waals surface area contributed by atoms with E-state index in [1.807, 2.05) is 30.5 Å². The number of aromatic nitrogens is 1. The van der Waals surface area contributed by atoms with Crippen molar-refractivity contribution in [3.05, 3.63) is 35.5 Å². The number of nitrogens with two attached hydrogens (primary N) is 1. The van der Waals surface area contributed by atoms with Gasteiger partial charge in [-0.15, -0.1) is 0 Å². The summed E-state index contributed by atoms with van der Waals surface area (Å²) < 4.78 is 8.85. The molecule has 1 aromatic carbocycles. The molecule has 1 aliphatic carbocycles. The van der Waals surface area contributed by atoms with E-state index in [4.69, 9.17) is 22.1 Å². The zero-order valence-electron chi connectivity index (χ0n) is 21.4. The maximum absolute atomic E-state index is 12.9. The van der Waals surface area contributed by atoms with Crippen molar-refractivity contribution in [1.29, 1.82) is 0 Å². The van der Waals surface area contributed by atoms with E-state index in [1.165, 1.54) is 6.42 Å². The van der Waals surface area contributed by atoms with Crippen LogP contribution in [0, 0.1) is 16.7 Å². The normalized spacial score (nSPS) is 18.6. The summed E-state index contributed by atoms with van der Waals surface area (Å²) in [6.07, 6.45) is 7.38. The summed E-state index contributed by atoms with van der Waals surface area (Å²) in [6, 6.07) is 7.65. The number of halogens is 1. The van der Waals surface area contributed by atoms with E-state index < -0.39 is 0 Å². The van der Waals surface area contributed by atoms with E-state index in [2.05, 4.69) is 46.5 Å². The van der Waals surface area contributed by atoms with Crippen LogP contribution in [0.1, 0.15) is 84.9 Å². The van der Waals surface area contributed by atoms with Crippen molar-refractivity contribution in [2.45, 2.75) is 85.7 Å². The average molecular weight is 484 g/mol. The second-order valence-electron chi connectivity index (χ2n) is 12.1. The van der Waals surface area contributed by atoms with Gasteiger partial charge in [-0.3, -0.25) is 9.36 Å². The molecule has 0 saturated heterocycles. The van der Waals surface area contributed by atoms with Gasteiger partial charge in [0, 0.05) is 22.7 Å². The van der Waals surface area contributed by atoms with Crippen LogP contribution < -0.4 is 10.5 Å². The predicted octanol–water partition coefficient (Wildman–Crippen LogP) is 7.63. The lowest BCUT2D eigenvalue weighted by molar-refractivity contribution is -0.111. The summed E-state index contributed by atoms with van der Waals surface area (Å²) in [6.45, 7) is 13.9. The first-order valence-electron chi connectivity index (χ1n) is 12.4. The first-order chi connectivity index (χ1) is 15.8. The molecule has 2 heterocycles. The number of rotatable bonds is 4. The first-order valence-corrected chi connectivity index (χ1v) is 12.8. The molecule has 0 spiro atoms. The summed E-state index contributed by atoms with van der Waals surface area (Å²) in [5.41, 5.74) is 7.55. The number of carbonyl (C=O) groups excluding carboxylic acids is 1. The smallest absolute Gasteiger partial charge is 0.239 e. The Hall–Kier alpha value is -2.27. The van der Waals surface area contributed by atoms with Crippen LogP contribution in [0.25, 0.3) is 11.1 Å². The van der Waals surface area contributed by atoms with Gasteiger partial charge in [0.15, 0.2) is 11.6 Å². The fourth-order valence-corrected chi connectivity index (χ4v) is 6.93. The molecule has 4 rings (SSSR count). The maximum atomic E-state index is 12.9. The minimum atomic E-state index is -0.372. The van der Waals surface area contributed by atoms with Gasteiger partial charge in [0.25, 0.3) is 0 Å². The number of carbonyl (C=O) groups is 1. The van der Waals surface area contributed by atoms with E-state index in [-0.39, 0.29) is 34.7 Å². The van der Waals surface area contributed by atoms with Gasteiger partial charge in [-0.1, -0.05) is 71.7 Å². The topological polar surface area (TPSA) is 69.6 Å². The maximum Gasteiger partial charge on any atom is 0.239 e. The molecule has 1 fully saturated rings. The number of benzene rings is 1. The summed E-state index contributed by atoms with van der Waals surface area (Å²) in [7, 11) is 0. The van der Waals surface area contributed by atoms with Crippen molar-refractivity contribution in [3.63, 3.8) is 0 Å². The van der Waals surface area contributed by atoms with Crippen molar-refractivity contribution in [2.75, 3.05) is 0 Å². The van der Waals surface area contributed by atoms with Crippen LogP contribution in [0.15, 0.2) is 35.5 Å². The molecule has 2 N–H and O–H groups in total. The number of aliphatic imine (C=N–C) groups is 1. The minimum absolute atomic E-state index is 0.0218. The van der Waals surface area contributed by atoms with Crippen LogP contribution in [0.4, 0.5) is 5.82 Å². The van der Waals surface area contributed by atoms with E-state index in [0.29, 0.717) is 22.4 Å². The summed E-state index contributed by atoms with van der Waals surface area (Å²) >= 11 is 6.17. The molecule has 0 unspecified atom stereocenters. The molecule has 184 valence electrons. The highest BCUT2D eigenvalue weighted by atomic mass is 35.5. The SMILES string of the molecule is CC(C)(C)C(C(C)(C)C)C1(Oc2c(-c3ccc(Cl)cc3)cn3c2N=C(N)CC3=O)CCCCC1. The van der Waals surface area contributed by atoms with Gasteiger partial charge in [0.2, 0.25) is 5.91 Å². The lowest BCUT2D eigenvalue weighted by atomic mass is 9.56. The van der Waals surface area contributed by atoms with Crippen LogP contribution >= 0.6 is 11.6 Å². The van der Waals surface area contributed by atoms with Crippen molar-refractivity contribution < 1.29 is 9.53 Å². The van der Waals surface area contributed by atoms with Gasteiger partial charge in [0.1, 0.15) is 11.4 Å². The van der Waals surface area contributed by atoms with E-state index >= 15 is 0 Å². The molecule has 1 aromatic heterocycles. The van der Waals surface area contributed by atoms with E-state index in [1.54, 1.807) is 4.57 Å². The Balaban J connectivity index is 1.93. The molecular weight excluding hydrogens is 446 g/mol. The van der Waals surface area contributed by atoms with Gasteiger partial charge in [-0.25, -0.2) is 4.99 Å². The number of ether oxygens (including phenoxy) is 1. The summed E-state index contributed by atoms with van der Waals surface area (Å²) in [5.74, 6) is 1.67. The molecule has 5 nitrogen and oxygen atoms in total. The molecule has 0 radical (unpaired) electrons. The fraction of sp³-hybridized carbons (Fsp3) is 0.571. The quantitative estimate of drug-likeness (QED) is 0.485. The average Bonchev–Trinajstić information content (AvgIpc) is 3.05. The fourth-order valence-electron chi connectivity index (χ4n) is 6.81. The Morgan fingerprint density at radius 2 is 1.62 bits per heavy atom. The Morgan fingerprint density at radius 1 is 1.03 bits per heavy atom. The highest BCUT2D eigenvalue weighted by Gasteiger charge is 2.53. The Morgan fingerprint density at radius 3 is 2.18 bits per heavy atom. The van der Waals surface area contributed by atoms with E-state index in [0.717, 1.165) is 36.8 Å². The minimum Gasteiger partial charge on any atom is -0.482 e. The number of fused-ring (bicyclic) bond motifs is 1. The van der Waals surface area contributed by atoms with Gasteiger partial charge in [-0.2, -0.15) is 0 Å². The van der Waals surface area contributed by atoms with E-state index in [9.17, 15) is 4.79 Å². The zero-order valence-corrected chi connectivity index (χ0v) is 22.1. The van der Waals surface area contributed by atoms with Gasteiger partial charge in [0.05, 0.1) is 6.42 Å². The van der Waals surface area contributed by atoms with Gasteiger partial charge >= 0.3 is 0 Å². The Bertz CT molecular complexity index is 1080. The standard InChI is InChI=1S/C28H38ClN3O2/c1-26(2,3)25(27(4,5)6)28(14-8-7-9-15-28)34-23-20(18-10-12-19(29)13-11-18)17-32-22(33)16-21(30)31-24(23)32/h10-13,17,25H,7-9,14-16H2,1-6H3,(H2,30,31). The van der Waals surface area contributed by atoms with Crippen LogP contribution in [0.2, 0.25) is 5.02 Å². The van der Waals surface area contributed by atoms with Crippen molar-refractivity contribution in [2.24, 2.45) is 27.5 Å². The first kappa shape index (κ1) is 24.8. The molecule has 0 bridgehead atoms. The lowest BCUT2D eigenvalue weighted by Crippen LogP contribution is -2.55. The third-order valence-corrected chi connectivity index (χ3v) is 7.46. The molecule has 2 aromatic rings. The number of nitrogens with zero attached hydrogens (tertiary/aromatic N) is 2. The van der Waals surface area contributed by atoms with Crippen LogP contribution in [0.3, 0.4) is 0 Å². The molecule has 34 heavy (non-hydrogen) atoms. The van der Waals surface area contributed by atoms with Crippen LogP contribution in [-0.4, -0.2) is 21.9 Å². The Kier molecular flexibility index (Phi) is 6.39. The molecule has 6 heteroatoms. The largest absolute Gasteiger partial charge is 0.482 e. The van der Waals surface area contributed by atoms with Crippen molar-refractivity contribution in [1.82, 2.24) is 4.57 Å². The second kappa shape index (κ2) is 8.75. The highest BCUT2D eigenvalue weighted by molar-refractivity contribution is 6.30. The number of amidine groups is 1. The van der Waals surface area contributed by atoms with Gasteiger partial charge in [-0.05, 0) is 54.2 Å². The lowest BCUT2D eigenvalue weighted by Gasteiger charge is -2.54. The Labute approximate surface area is 208 Å². The number of hydrogen-bond acceptors (Lipinski definition) is 4. The molecule has 0 atom stereocenters. The van der Waals surface area contributed by atoms with Gasteiger partial charge < -0.3 is 10.5 Å². The van der Waals surface area contributed by atoms with Crippen LogP contribution in [0.5, 0.6) is 5.75 Å². The van der Waals surface area contributed by atoms with Crippen molar-refractivity contribution in [3.8, 4) is 16.9 Å². The molecule has 1 aliphatic heterocycles.